The first kappa shape index (κ1) is 29.5. The van der Waals surface area contributed by atoms with Crippen molar-refractivity contribution in [3.05, 3.63) is 59.0 Å². The molecule has 1 aliphatic rings. The van der Waals surface area contributed by atoms with E-state index in [1.54, 1.807) is 23.9 Å². The molecule has 1 aromatic carbocycles. The number of carbonyl (C=O) groups is 2. The Morgan fingerprint density at radius 3 is 2.23 bits per heavy atom. The minimum Gasteiger partial charge on any atom is -0.364 e. The van der Waals surface area contributed by atoms with Gasteiger partial charge in [0, 0.05) is 30.4 Å². The zero-order chi connectivity index (χ0) is 28.5. The van der Waals surface area contributed by atoms with Gasteiger partial charge in [-0.3, -0.25) is 14.3 Å². The van der Waals surface area contributed by atoms with Crippen LogP contribution in [0.4, 0.5) is 10.2 Å². The van der Waals surface area contributed by atoms with Crippen molar-refractivity contribution in [3.63, 3.8) is 0 Å². The highest BCUT2D eigenvalue weighted by atomic mass is 19.1. The molecule has 0 spiro atoms. The lowest BCUT2D eigenvalue weighted by Crippen LogP contribution is -2.10. The summed E-state index contributed by atoms with van der Waals surface area (Å²) in [4.78, 5) is 25.1. The zero-order valence-electron chi connectivity index (χ0n) is 23.3. The van der Waals surface area contributed by atoms with Gasteiger partial charge in [-0.2, -0.15) is 5.10 Å². The molecule has 0 unspecified atom stereocenters. The Morgan fingerprint density at radius 1 is 1.10 bits per heavy atom. The predicted octanol–water partition coefficient (Wildman–Crippen LogP) is 6.20. The summed E-state index contributed by atoms with van der Waals surface area (Å²) in [6, 6.07) is 6.67. The number of benzene rings is 1. The van der Waals surface area contributed by atoms with Gasteiger partial charge < -0.3 is 15.6 Å². The molecule has 4 aromatic rings. The molecular formula is C29H37FN6O3. The van der Waals surface area contributed by atoms with E-state index >= 15 is 0 Å². The van der Waals surface area contributed by atoms with E-state index in [1.807, 2.05) is 20.0 Å². The maximum atomic E-state index is 14.6. The number of carbonyl (C=O) groups excluding carboxylic acids is 2. The van der Waals surface area contributed by atoms with Crippen molar-refractivity contribution in [2.24, 2.45) is 12.8 Å². The van der Waals surface area contributed by atoms with Crippen LogP contribution in [0.5, 0.6) is 0 Å². The average Bonchev–Trinajstić information content (AvgIpc) is 3.50. The van der Waals surface area contributed by atoms with Gasteiger partial charge in [0.15, 0.2) is 11.5 Å². The first-order valence-corrected chi connectivity index (χ1v) is 13.2. The Bertz CT molecular complexity index is 1410. The average molecular weight is 537 g/mol. The molecule has 2 amide bonds. The number of anilines is 1. The number of nitrogens with zero attached hydrogens (tertiary/aromatic N) is 4. The molecule has 3 heterocycles. The van der Waals surface area contributed by atoms with E-state index < -0.39 is 5.91 Å². The molecule has 0 atom stereocenters. The monoisotopic (exact) mass is 536 g/mol. The van der Waals surface area contributed by atoms with E-state index in [9.17, 15) is 14.0 Å². The summed E-state index contributed by atoms with van der Waals surface area (Å²) in [7, 11) is 1.83. The summed E-state index contributed by atoms with van der Waals surface area (Å²) in [5.74, 6) is 0.323. The quantitative estimate of drug-likeness (QED) is 0.292. The molecule has 5 rings (SSSR count). The van der Waals surface area contributed by atoms with Crippen LogP contribution in [0, 0.1) is 19.7 Å². The second-order valence-electron chi connectivity index (χ2n) is 9.97. The van der Waals surface area contributed by atoms with Gasteiger partial charge in [-0.1, -0.05) is 57.5 Å². The molecule has 10 heteroatoms. The lowest BCUT2D eigenvalue weighted by atomic mass is 9.98. The topological polar surface area (TPSA) is 129 Å². The largest absolute Gasteiger partial charge is 0.364 e. The molecule has 3 N–H and O–H groups in total. The summed E-state index contributed by atoms with van der Waals surface area (Å²) in [6.45, 7) is 7.72. The third kappa shape index (κ3) is 7.72. The van der Waals surface area contributed by atoms with E-state index in [2.05, 4.69) is 38.9 Å². The van der Waals surface area contributed by atoms with E-state index in [0.717, 1.165) is 27.8 Å². The number of hydrogen-bond acceptors (Lipinski definition) is 6. The molecular weight excluding hydrogens is 499 g/mol. The van der Waals surface area contributed by atoms with Crippen molar-refractivity contribution in [2.45, 2.75) is 72.1 Å². The van der Waals surface area contributed by atoms with Gasteiger partial charge in [0.2, 0.25) is 6.41 Å². The van der Waals surface area contributed by atoms with Crippen molar-refractivity contribution in [2.75, 3.05) is 5.32 Å². The highest BCUT2D eigenvalue weighted by Crippen LogP contribution is 2.33. The first-order chi connectivity index (χ1) is 18.6. The van der Waals surface area contributed by atoms with Crippen molar-refractivity contribution in [1.29, 1.82) is 0 Å². The maximum absolute atomic E-state index is 14.6. The number of hydrogen-bond donors (Lipinski definition) is 2. The Kier molecular flexibility index (Phi) is 10.3. The highest BCUT2D eigenvalue weighted by Gasteiger charge is 2.18. The number of aryl methyl sites for hydroxylation is 3. The van der Waals surface area contributed by atoms with Crippen LogP contribution in [0.25, 0.3) is 22.0 Å². The van der Waals surface area contributed by atoms with Crippen molar-refractivity contribution in [1.82, 2.24) is 19.9 Å². The Labute approximate surface area is 228 Å². The lowest BCUT2D eigenvalue weighted by molar-refractivity contribution is -0.105. The first-order valence-electron chi connectivity index (χ1n) is 13.2. The molecule has 0 radical (unpaired) electrons. The normalized spacial score (nSPS) is 12.8. The van der Waals surface area contributed by atoms with Crippen LogP contribution in [-0.2, 0) is 11.8 Å². The maximum Gasteiger partial charge on any atom is 0.270 e. The van der Waals surface area contributed by atoms with Crippen molar-refractivity contribution < 1.29 is 18.5 Å². The molecule has 208 valence electrons. The molecule has 9 nitrogen and oxygen atoms in total. The van der Waals surface area contributed by atoms with Gasteiger partial charge in [-0.05, 0) is 54.7 Å². The van der Waals surface area contributed by atoms with Crippen molar-refractivity contribution >= 4 is 29.0 Å². The number of nitrogens with two attached hydrogens (primary N) is 1. The molecule has 39 heavy (non-hydrogen) atoms. The Hall–Kier alpha value is -4.08. The zero-order valence-corrected chi connectivity index (χ0v) is 23.3. The fourth-order valence-electron chi connectivity index (χ4n) is 4.63. The highest BCUT2D eigenvalue weighted by molar-refractivity contribution is 5.90. The molecule has 1 fully saturated rings. The smallest absolute Gasteiger partial charge is 0.270 e. The second kappa shape index (κ2) is 13.6. The standard InChI is InChI=1S/C18H19FN4O.C6H12.C5H6N2O2/c1-10(2)18-14-5-12(6-15(19)17(14)22-23(18)4)13-7-16(21-9-24)20-8-11(13)3;1-2-4-6-5-3-1;1-3-2-4(5(6)8)7-9-3/h5-10H,1-4H3,(H,20,21,24);1-6H2;2H,1H3,(H2,6,8). The predicted molar refractivity (Wildman–Crippen MR) is 150 cm³/mol. The third-order valence-corrected chi connectivity index (χ3v) is 6.49. The number of halogens is 1. The van der Waals surface area contributed by atoms with Crippen LogP contribution in [0.3, 0.4) is 0 Å². The third-order valence-electron chi connectivity index (χ3n) is 6.49. The second-order valence-corrected chi connectivity index (χ2v) is 9.97. The number of rotatable bonds is 5. The van der Waals surface area contributed by atoms with Crippen LogP contribution in [0.2, 0.25) is 0 Å². The van der Waals surface area contributed by atoms with Gasteiger partial charge in [-0.25, -0.2) is 9.37 Å². The molecule has 0 bridgehead atoms. The Morgan fingerprint density at radius 2 is 1.74 bits per heavy atom. The van der Waals surface area contributed by atoms with E-state index in [-0.39, 0.29) is 17.4 Å². The van der Waals surface area contributed by atoms with Crippen molar-refractivity contribution in [3.8, 4) is 11.1 Å². The SMILES string of the molecule is C1CCCCC1.Cc1cc(C(N)=O)no1.Cc1cnc(NC=O)cc1-c1cc(F)c2nn(C)c(C(C)C)c2c1. The van der Waals surface area contributed by atoms with Crippen LogP contribution >= 0.6 is 0 Å². The lowest BCUT2D eigenvalue weighted by Gasteiger charge is -2.10. The molecule has 0 aliphatic heterocycles. The number of primary amides is 1. The summed E-state index contributed by atoms with van der Waals surface area (Å²) >= 11 is 0. The van der Waals surface area contributed by atoms with E-state index in [0.29, 0.717) is 23.5 Å². The van der Waals surface area contributed by atoms with Crippen LogP contribution < -0.4 is 11.1 Å². The summed E-state index contributed by atoms with van der Waals surface area (Å²) in [5, 5.41) is 11.0. The number of nitrogens with one attached hydrogen (secondary N) is 1. The van der Waals surface area contributed by atoms with Crippen LogP contribution in [0.15, 0.2) is 35.0 Å². The van der Waals surface area contributed by atoms with Gasteiger partial charge in [-0.15, -0.1) is 0 Å². The fourth-order valence-corrected chi connectivity index (χ4v) is 4.63. The van der Waals surface area contributed by atoms with E-state index in [1.165, 1.54) is 50.7 Å². The number of aromatic nitrogens is 4. The van der Waals surface area contributed by atoms with Gasteiger partial charge in [0.05, 0.1) is 0 Å². The minimum atomic E-state index is -0.563. The molecule has 1 saturated carbocycles. The van der Waals surface area contributed by atoms with Crippen LogP contribution in [0.1, 0.15) is 85.8 Å². The summed E-state index contributed by atoms with van der Waals surface area (Å²) in [6.07, 6.45) is 11.2. The summed E-state index contributed by atoms with van der Waals surface area (Å²) in [5.41, 5.74) is 8.88. The fraction of sp³-hybridized carbons (Fsp3) is 0.414. The molecule has 0 saturated heterocycles. The van der Waals surface area contributed by atoms with Gasteiger partial charge >= 0.3 is 0 Å². The molecule has 3 aromatic heterocycles. The van der Waals surface area contributed by atoms with Crippen LogP contribution in [-0.4, -0.2) is 32.2 Å². The van der Waals surface area contributed by atoms with Gasteiger partial charge in [0.1, 0.15) is 17.1 Å². The van der Waals surface area contributed by atoms with Gasteiger partial charge in [0.25, 0.3) is 5.91 Å². The van der Waals surface area contributed by atoms with E-state index in [4.69, 9.17) is 5.73 Å². The summed E-state index contributed by atoms with van der Waals surface area (Å²) < 4.78 is 20.9. The minimum absolute atomic E-state index is 0.174. The number of amides is 2. The number of pyridine rings is 1. The number of fused-ring (bicyclic) bond motifs is 1. The molecule has 1 aliphatic carbocycles. The Balaban J connectivity index is 0.000000227.